The van der Waals surface area contributed by atoms with Crippen molar-refractivity contribution in [2.45, 2.75) is 24.0 Å². The van der Waals surface area contributed by atoms with E-state index in [1.54, 1.807) is 6.07 Å². The van der Waals surface area contributed by atoms with Gasteiger partial charge < -0.3 is 0 Å². The van der Waals surface area contributed by atoms with Gasteiger partial charge in [0.15, 0.2) is 5.82 Å². The molecule has 1 heterocycles. The molecule has 20 heavy (non-hydrogen) atoms. The molecule has 1 aromatic carbocycles. The monoisotopic (exact) mass is 316 g/mol. The SMILES string of the molecule is NS(=O)(=O)c1nnc(-c2ccc(Cl)c(F)c2)n1C1CC1. The summed E-state index contributed by atoms with van der Waals surface area (Å²) in [6.07, 6.45) is 1.62. The Kier molecular flexibility index (Phi) is 3.03. The minimum absolute atomic E-state index is 0.0158. The van der Waals surface area contributed by atoms with Crippen molar-refractivity contribution in [3.05, 3.63) is 29.0 Å². The van der Waals surface area contributed by atoms with E-state index in [4.69, 9.17) is 16.7 Å². The Balaban J connectivity index is 2.19. The zero-order chi connectivity index (χ0) is 14.5. The molecule has 1 saturated carbocycles. The number of hydrogen-bond acceptors (Lipinski definition) is 4. The van der Waals surface area contributed by atoms with Crippen LogP contribution in [-0.2, 0) is 10.0 Å². The van der Waals surface area contributed by atoms with Gasteiger partial charge >= 0.3 is 0 Å². The maximum absolute atomic E-state index is 13.5. The number of sulfonamides is 1. The van der Waals surface area contributed by atoms with Crippen molar-refractivity contribution >= 4 is 21.6 Å². The molecule has 106 valence electrons. The molecule has 2 aromatic rings. The van der Waals surface area contributed by atoms with Crippen molar-refractivity contribution in [1.82, 2.24) is 14.8 Å². The third-order valence-corrected chi connectivity index (χ3v) is 4.10. The number of primary sulfonamides is 1. The van der Waals surface area contributed by atoms with E-state index in [1.165, 1.54) is 16.7 Å². The average Bonchev–Trinajstić information content (AvgIpc) is 3.10. The molecule has 1 aliphatic rings. The highest BCUT2D eigenvalue weighted by Crippen LogP contribution is 2.39. The van der Waals surface area contributed by atoms with Crippen molar-refractivity contribution in [2.75, 3.05) is 0 Å². The Morgan fingerprint density at radius 2 is 2.05 bits per heavy atom. The summed E-state index contributed by atoms with van der Waals surface area (Å²) in [5, 5.41) is 12.3. The highest BCUT2D eigenvalue weighted by molar-refractivity contribution is 7.89. The summed E-state index contributed by atoms with van der Waals surface area (Å²) in [5.41, 5.74) is 0.404. The van der Waals surface area contributed by atoms with Crippen LogP contribution in [0.3, 0.4) is 0 Å². The normalized spacial score (nSPS) is 15.6. The standard InChI is InChI=1S/C11H10ClFN4O2S/c12-8-4-1-6(5-9(8)13)10-15-16-11(20(14,18)19)17(10)7-2-3-7/h1,4-5,7H,2-3H2,(H2,14,18,19). The van der Waals surface area contributed by atoms with E-state index in [2.05, 4.69) is 10.2 Å². The number of rotatable bonds is 3. The van der Waals surface area contributed by atoms with E-state index in [1.807, 2.05) is 0 Å². The molecule has 0 spiro atoms. The first kappa shape index (κ1) is 13.5. The topological polar surface area (TPSA) is 90.9 Å². The maximum Gasteiger partial charge on any atom is 0.273 e. The van der Waals surface area contributed by atoms with Crippen molar-refractivity contribution in [3.8, 4) is 11.4 Å². The fourth-order valence-corrected chi connectivity index (χ4v) is 2.75. The van der Waals surface area contributed by atoms with Gasteiger partial charge in [-0.25, -0.2) is 17.9 Å². The van der Waals surface area contributed by atoms with Gasteiger partial charge in [-0.3, -0.25) is 4.57 Å². The Morgan fingerprint density at radius 1 is 1.35 bits per heavy atom. The first-order valence-electron chi connectivity index (χ1n) is 5.81. The summed E-state index contributed by atoms with van der Waals surface area (Å²) >= 11 is 5.63. The van der Waals surface area contributed by atoms with Gasteiger partial charge in [0.2, 0.25) is 0 Å². The van der Waals surface area contributed by atoms with E-state index in [-0.39, 0.29) is 22.0 Å². The van der Waals surface area contributed by atoms with Gasteiger partial charge in [0.05, 0.1) is 5.02 Å². The highest BCUT2D eigenvalue weighted by Gasteiger charge is 2.33. The quantitative estimate of drug-likeness (QED) is 0.933. The van der Waals surface area contributed by atoms with E-state index >= 15 is 0 Å². The predicted molar refractivity (Wildman–Crippen MR) is 70.1 cm³/mol. The lowest BCUT2D eigenvalue weighted by Crippen LogP contribution is -2.18. The van der Waals surface area contributed by atoms with Crippen LogP contribution in [0.5, 0.6) is 0 Å². The van der Waals surface area contributed by atoms with Crippen LogP contribution < -0.4 is 5.14 Å². The predicted octanol–water partition coefficient (Wildman–Crippen LogP) is 1.72. The van der Waals surface area contributed by atoms with Crippen molar-refractivity contribution in [1.29, 1.82) is 0 Å². The molecule has 3 rings (SSSR count). The molecule has 0 saturated heterocycles. The van der Waals surface area contributed by atoms with E-state index in [0.29, 0.717) is 5.56 Å². The molecule has 0 amide bonds. The van der Waals surface area contributed by atoms with Crippen molar-refractivity contribution < 1.29 is 12.8 Å². The lowest BCUT2D eigenvalue weighted by molar-refractivity contribution is 0.567. The van der Waals surface area contributed by atoms with Gasteiger partial charge in [-0.05, 0) is 31.0 Å². The van der Waals surface area contributed by atoms with Crippen LogP contribution in [0.1, 0.15) is 18.9 Å². The van der Waals surface area contributed by atoms with Gasteiger partial charge in [-0.2, -0.15) is 0 Å². The summed E-state index contributed by atoms with van der Waals surface area (Å²) in [6.45, 7) is 0. The second-order valence-electron chi connectivity index (χ2n) is 4.58. The number of aromatic nitrogens is 3. The van der Waals surface area contributed by atoms with Gasteiger partial charge in [0.25, 0.3) is 15.2 Å². The molecule has 0 radical (unpaired) electrons. The minimum Gasteiger partial charge on any atom is -0.294 e. The lowest BCUT2D eigenvalue weighted by Gasteiger charge is -2.08. The van der Waals surface area contributed by atoms with Crippen LogP contribution in [0.2, 0.25) is 5.02 Å². The molecule has 1 aromatic heterocycles. The third-order valence-electron chi connectivity index (χ3n) is 3.01. The van der Waals surface area contributed by atoms with E-state index < -0.39 is 15.8 Å². The number of hydrogen-bond donors (Lipinski definition) is 1. The summed E-state index contributed by atoms with van der Waals surface area (Å²) in [5.74, 6) is -0.334. The molecule has 2 N–H and O–H groups in total. The first-order valence-corrected chi connectivity index (χ1v) is 7.73. The molecular formula is C11H10ClFN4O2S. The molecule has 1 fully saturated rings. The molecule has 0 aliphatic heterocycles. The van der Waals surface area contributed by atoms with Crippen molar-refractivity contribution in [3.63, 3.8) is 0 Å². The largest absolute Gasteiger partial charge is 0.294 e. The summed E-state index contributed by atoms with van der Waals surface area (Å²) in [6, 6.07) is 4.11. The molecule has 0 unspecified atom stereocenters. The second kappa shape index (κ2) is 4.51. The molecular weight excluding hydrogens is 307 g/mol. The molecule has 1 aliphatic carbocycles. The van der Waals surface area contributed by atoms with Crippen LogP contribution in [0, 0.1) is 5.82 Å². The Morgan fingerprint density at radius 3 is 2.60 bits per heavy atom. The van der Waals surface area contributed by atoms with Crippen molar-refractivity contribution in [2.24, 2.45) is 5.14 Å². The van der Waals surface area contributed by atoms with Gasteiger partial charge in [0.1, 0.15) is 5.82 Å². The number of benzene rings is 1. The summed E-state index contributed by atoms with van der Waals surface area (Å²) in [7, 11) is -3.97. The fourth-order valence-electron chi connectivity index (χ4n) is 1.96. The van der Waals surface area contributed by atoms with Crippen LogP contribution >= 0.6 is 11.6 Å². The number of nitrogens with zero attached hydrogens (tertiary/aromatic N) is 3. The summed E-state index contributed by atoms with van der Waals surface area (Å²) in [4.78, 5) is 0. The average molecular weight is 317 g/mol. The second-order valence-corrected chi connectivity index (χ2v) is 6.44. The third kappa shape index (κ3) is 2.30. The first-order chi connectivity index (χ1) is 9.38. The maximum atomic E-state index is 13.5. The Labute approximate surface area is 119 Å². The number of halogens is 2. The fraction of sp³-hybridized carbons (Fsp3) is 0.273. The van der Waals surface area contributed by atoms with Crippen LogP contribution in [0.15, 0.2) is 23.4 Å². The molecule has 9 heteroatoms. The lowest BCUT2D eigenvalue weighted by atomic mass is 10.2. The van der Waals surface area contributed by atoms with Crippen LogP contribution in [0.25, 0.3) is 11.4 Å². The highest BCUT2D eigenvalue weighted by atomic mass is 35.5. The molecule has 0 atom stereocenters. The van der Waals surface area contributed by atoms with Gasteiger partial charge in [-0.1, -0.05) is 11.6 Å². The zero-order valence-corrected chi connectivity index (χ0v) is 11.7. The van der Waals surface area contributed by atoms with E-state index in [9.17, 15) is 12.8 Å². The van der Waals surface area contributed by atoms with Crippen LogP contribution in [-0.4, -0.2) is 23.2 Å². The van der Waals surface area contributed by atoms with Gasteiger partial charge in [-0.15, -0.1) is 10.2 Å². The number of nitrogens with two attached hydrogens (primary N) is 1. The van der Waals surface area contributed by atoms with Gasteiger partial charge in [0, 0.05) is 11.6 Å². The Bertz CT molecular complexity index is 786. The summed E-state index contributed by atoms with van der Waals surface area (Å²) < 4.78 is 38.0. The minimum atomic E-state index is -3.97. The van der Waals surface area contributed by atoms with E-state index in [0.717, 1.165) is 12.8 Å². The smallest absolute Gasteiger partial charge is 0.273 e. The Hall–Kier alpha value is -1.51. The zero-order valence-electron chi connectivity index (χ0n) is 10.1. The molecule has 0 bridgehead atoms. The molecule has 6 nitrogen and oxygen atoms in total. The van der Waals surface area contributed by atoms with Crippen LogP contribution in [0.4, 0.5) is 4.39 Å².